The molecule has 2 unspecified atom stereocenters. The Hall–Kier alpha value is -1.10. The molecule has 19 heavy (non-hydrogen) atoms. The zero-order valence-corrected chi connectivity index (χ0v) is 11.8. The average Bonchev–Trinajstić information content (AvgIpc) is 2.42. The minimum Gasteiger partial charge on any atom is -0.389 e. The fourth-order valence-electron chi connectivity index (χ4n) is 2.78. The maximum Gasteiger partial charge on any atom is 0.0947 e. The van der Waals surface area contributed by atoms with E-state index in [9.17, 15) is 5.11 Å². The number of methoxy groups -OCH3 is 1. The summed E-state index contributed by atoms with van der Waals surface area (Å²) in [4.78, 5) is 2.26. The predicted octanol–water partition coefficient (Wildman–Crippen LogP) is 1.55. The number of nitrogens with zero attached hydrogens (tertiary/aromatic N) is 1. The molecule has 0 spiro atoms. The molecule has 0 aromatic heterocycles. The topological polar surface area (TPSA) is 44.7 Å². The van der Waals surface area contributed by atoms with Crippen LogP contribution in [0.4, 0.5) is 5.69 Å². The van der Waals surface area contributed by atoms with Crippen LogP contribution in [0.25, 0.3) is 0 Å². The number of rotatable bonds is 6. The lowest BCUT2D eigenvalue weighted by atomic mass is 9.96. The van der Waals surface area contributed by atoms with Crippen LogP contribution in [-0.2, 0) is 4.74 Å². The summed E-state index contributed by atoms with van der Waals surface area (Å²) in [5, 5.41) is 13.4. The molecular weight excluding hydrogens is 240 g/mol. The molecule has 1 aliphatic rings. The second kappa shape index (κ2) is 6.89. The Morgan fingerprint density at radius 2 is 2.26 bits per heavy atom. The number of hydrogen-bond donors (Lipinski definition) is 2. The second-order valence-electron chi connectivity index (χ2n) is 5.01. The van der Waals surface area contributed by atoms with Crippen LogP contribution >= 0.6 is 0 Å². The van der Waals surface area contributed by atoms with E-state index >= 15 is 0 Å². The highest BCUT2D eigenvalue weighted by molar-refractivity contribution is 5.57. The van der Waals surface area contributed by atoms with Crippen molar-refractivity contribution in [2.24, 2.45) is 0 Å². The first-order valence-electron chi connectivity index (χ1n) is 7.00. The van der Waals surface area contributed by atoms with Gasteiger partial charge in [-0.25, -0.2) is 0 Å². The second-order valence-corrected chi connectivity index (χ2v) is 5.01. The molecule has 1 aromatic carbocycles. The standard InChI is InChI=1S/C15H24N2O2/c1-3-16-14-8-9-17(10-12(18)11-19-2)15-7-5-4-6-13(14)15/h4-7,12,14,16,18H,3,8-11H2,1-2H3. The van der Waals surface area contributed by atoms with Crippen molar-refractivity contribution in [3.63, 3.8) is 0 Å². The molecule has 0 saturated carbocycles. The van der Waals surface area contributed by atoms with Crippen molar-refractivity contribution in [3.8, 4) is 0 Å². The third-order valence-electron chi connectivity index (χ3n) is 3.58. The van der Waals surface area contributed by atoms with Gasteiger partial charge in [0.05, 0.1) is 12.7 Å². The summed E-state index contributed by atoms with van der Waals surface area (Å²) in [7, 11) is 1.62. The Kier molecular flexibility index (Phi) is 5.19. The molecule has 0 aliphatic carbocycles. The number of ether oxygens (including phenoxy) is 1. The van der Waals surface area contributed by atoms with E-state index in [2.05, 4.69) is 41.4 Å². The largest absolute Gasteiger partial charge is 0.389 e. The van der Waals surface area contributed by atoms with E-state index in [0.29, 0.717) is 19.2 Å². The van der Waals surface area contributed by atoms with Crippen LogP contribution < -0.4 is 10.2 Å². The molecular formula is C15H24N2O2. The Morgan fingerprint density at radius 1 is 1.47 bits per heavy atom. The highest BCUT2D eigenvalue weighted by atomic mass is 16.5. The van der Waals surface area contributed by atoms with Crippen LogP contribution in [0.2, 0.25) is 0 Å². The van der Waals surface area contributed by atoms with Gasteiger partial charge in [0.25, 0.3) is 0 Å². The van der Waals surface area contributed by atoms with Gasteiger partial charge >= 0.3 is 0 Å². The summed E-state index contributed by atoms with van der Waals surface area (Å²) < 4.78 is 5.00. The molecule has 2 atom stereocenters. The smallest absolute Gasteiger partial charge is 0.0947 e. The van der Waals surface area contributed by atoms with Gasteiger partial charge < -0.3 is 20.1 Å². The first-order chi connectivity index (χ1) is 9.26. The summed E-state index contributed by atoms with van der Waals surface area (Å²) in [6, 6.07) is 8.88. The van der Waals surface area contributed by atoms with E-state index in [1.165, 1.54) is 11.3 Å². The number of nitrogens with one attached hydrogen (secondary N) is 1. The number of hydrogen-bond acceptors (Lipinski definition) is 4. The van der Waals surface area contributed by atoms with Crippen LogP contribution in [0.5, 0.6) is 0 Å². The van der Waals surface area contributed by atoms with Gasteiger partial charge in [-0.3, -0.25) is 0 Å². The Balaban J connectivity index is 2.13. The minimum atomic E-state index is -0.436. The summed E-state index contributed by atoms with van der Waals surface area (Å²) in [5.74, 6) is 0. The van der Waals surface area contributed by atoms with Crippen LogP contribution in [0, 0.1) is 0 Å². The van der Waals surface area contributed by atoms with E-state index in [1.807, 2.05) is 0 Å². The fraction of sp³-hybridized carbons (Fsp3) is 0.600. The predicted molar refractivity (Wildman–Crippen MR) is 77.6 cm³/mol. The number of anilines is 1. The molecule has 1 heterocycles. The van der Waals surface area contributed by atoms with Crippen molar-refractivity contribution in [2.45, 2.75) is 25.5 Å². The summed E-state index contributed by atoms with van der Waals surface area (Å²) in [6.45, 7) is 5.09. The maximum absolute atomic E-state index is 9.91. The fourth-order valence-corrected chi connectivity index (χ4v) is 2.78. The van der Waals surface area contributed by atoms with Gasteiger partial charge in [0.1, 0.15) is 0 Å². The van der Waals surface area contributed by atoms with Gasteiger partial charge in [0, 0.05) is 31.9 Å². The summed E-state index contributed by atoms with van der Waals surface area (Å²) in [6.07, 6.45) is 0.638. The molecule has 0 bridgehead atoms. The number of aliphatic hydroxyl groups excluding tert-OH is 1. The maximum atomic E-state index is 9.91. The van der Waals surface area contributed by atoms with E-state index in [1.54, 1.807) is 7.11 Å². The van der Waals surface area contributed by atoms with Crippen molar-refractivity contribution in [1.82, 2.24) is 5.32 Å². The van der Waals surface area contributed by atoms with Gasteiger partial charge in [-0.05, 0) is 24.6 Å². The van der Waals surface area contributed by atoms with E-state index in [-0.39, 0.29) is 0 Å². The molecule has 4 nitrogen and oxygen atoms in total. The quantitative estimate of drug-likeness (QED) is 0.818. The zero-order valence-electron chi connectivity index (χ0n) is 11.8. The lowest BCUT2D eigenvalue weighted by Crippen LogP contribution is -2.41. The van der Waals surface area contributed by atoms with Crippen molar-refractivity contribution >= 4 is 5.69 Å². The molecule has 0 saturated heterocycles. The third-order valence-corrected chi connectivity index (χ3v) is 3.58. The summed E-state index contributed by atoms with van der Waals surface area (Å²) in [5.41, 5.74) is 2.56. The summed E-state index contributed by atoms with van der Waals surface area (Å²) >= 11 is 0. The van der Waals surface area contributed by atoms with Crippen molar-refractivity contribution in [3.05, 3.63) is 29.8 Å². The van der Waals surface area contributed by atoms with Crippen LogP contribution in [0.1, 0.15) is 24.9 Å². The van der Waals surface area contributed by atoms with Gasteiger partial charge in [0.2, 0.25) is 0 Å². The highest BCUT2D eigenvalue weighted by Crippen LogP contribution is 2.33. The average molecular weight is 264 g/mol. The van der Waals surface area contributed by atoms with Gasteiger partial charge in [0.15, 0.2) is 0 Å². The van der Waals surface area contributed by atoms with Gasteiger partial charge in [-0.15, -0.1) is 0 Å². The lowest BCUT2D eigenvalue weighted by molar-refractivity contribution is 0.0684. The third kappa shape index (κ3) is 3.47. The SMILES string of the molecule is CCNC1CCN(CC(O)COC)c2ccccc21. The van der Waals surface area contributed by atoms with E-state index in [0.717, 1.165) is 19.5 Å². The first-order valence-corrected chi connectivity index (χ1v) is 7.00. The van der Waals surface area contributed by atoms with Gasteiger partial charge in [-0.2, -0.15) is 0 Å². The Morgan fingerprint density at radius 3 is 3.00 bits per heavy atom. The van der Waals surface area contributed by atoms with Crippen molar-refractivity contribution in [2.75, 3.05) is 38.3 Å². The van der Waals surface area contributed by atoms with Gasteiger partial charge in [-0.1, -0.05) is 25.1 Å². The number of para-hydroxylation sites is 1. The Labute approximate surface area is 115 Å². The molecule has 1 aromatic rings. The Bertz CT molecular complexity index is 397. The zero-order chi connectivity index (χ0) is 13.7. The molecule has 2 rings (SSSR count). The highest BCUT2D eigenvalue weighted by Gasteiger charge is 2.25. The van der Waals surface area contributed by atoms with Crippen LogP contribution in [-0.4, -0.2) is 44.6 Å². The molecule has 4 heteroatoms. The normalized spacial score (nSPS) is 20.2. The lowest BCUT2D eigenvalue weighted by Gasteiger charge is -2.37. The molecule has 0 radical (unpaired) electrons. The van der Waals surface area contributed by atoms with E-state index in [4.69, 9.17) is 4.74 Å². The van der Waals surface area contributed by atoms with E-state index < -0.39 is 6.10 Å². The van der Waals surface area contributed by atoms with Crippen molar-refractivity contribution < 1.29 is 9.84 Å². The molecule has 0 fully saturated rings. The number of fused-ring (bicyclic) bond motifs is 1. The molecule has 2 N–H and O–H groups in total. The monoisotopic (exact) mass is 264 g/mol. The minimum absolute atomic E-state index is 0.384. The molecule has 0 amide bonds. The first kappa shape index (κ1) is 14.3. The number of benzene rings is 1. The molecule has 1 aliphatic heterocycles. The molecule has 106 valence electrons. The number of β-amino-alcohol motifs (C(OH)–C–C–N with tert-alkyl or cyclic N) is 1. The van der Waals surface area contributed by atoms with Crippen molar-refractivity contribution in [1.29, 1.82) is 0 Å². The number of aliphatic hydroxyl groups is 1. The van der Waals surface area contributed by atoms with Crippen LogP contribution in [0.15, 0.2) is 24.3 Å². The van der Waals surface area contributed by atoms with Crippen LogP contribution in [0.3, 0.4) is 0 Å².